The first-order valence-electron chi connectivity index (χ1n) is 12.7. The number of aromatic nitrogens is 2. The number of rotatable bonds is 8. The van der Waals surface area contributed by atoms with Gasteiger partial charge in [0.1, 0.15) is 23.6 Å². The van der Waals surface area contributed by atoms with Gasteiger partial charge in [-0.25, -0.2) is 8.89 Å². The van der Waals surface area contributed by atoms with Crippen molar-refractivity contribution >= 4 is 47.9 Å². The third kappa shape index (κ3) is 5.35. The molecule has 0 unspecified atom stereocenters. The van der Waals surface area contributed by atoms with Gasteiger partial charge in [0.15, 0.2) is 0 Å². The monoisotopic (exact) mass is 595 g/mol. The summed E-state index contributed by atoms with van der Waals surface area (Å²) in [4.78, 5) is 13.8. The lowest BCUT2D eigenvalue weighted by Crippen LogP contribution is -2.16. The Hall–Kier alpha value is -3.17. The molecule has 1 aromatic heterocycles. The van der Waals surface area contributed by atoms with Crippen LogP contribution in [0.1, 0.15) is 47.7 Å². The molecule has 2 heterocycles. The van der Waals surface area contributed by atoms with Crippen LogP contribution in [0.3, 0.4) is 0 Å². The number of ether oxygens (including phenoxy) is 2. The molecule has 9 heteroatoms. The van der Waals surface area contributed by atoms with Crippen molar-refractivity contribution < 1.29 is 18.5 Å². The van der Waals surface area contributed by atoms with E-state index in [0.29, 0.717) is 57.6 Å². The Morgan fingerprint density at radius 2 is 1.82 bits per heavy atom. The lowest BCUT2D eigenvalue weighted by Gasteiger charge is -2.17. The Morgan fingerprint density at radius 1 is 1.05 bits per heavy atom. The van der Waals surface area contributed by atoms with E-state index in [1.54, 1.807) is 23.9 Å². The predicted octanol–water partition coefficient (Wildman–Crippen LogP) is 6.92. The summed E-state index contributed by atoms with van der Waals surface area (Å²) in [5.41, 5.74) is 2.14. The Bertz CT molecular complexity index is 1610. The van der Waals surface area contributed by atoms with E-state index in [1.165, 1.54) is 6.20 Å². The van der Waals surface area contributed by atoms with Crippen LogP contribution in [0.4, 0.5) is 5.69 Å². The molecule has 4 aromatic rings. The Morgan fingerprint density at radius 3 is 2.55 bits per heavy atom. The normalized spacial score (nSPS) is 14.8. The third-order valence-electron chi connectivity index (χ3n) is 6.75. The van der Waals surface area contributed by atoms with Crippen molar-refractivity contribution in [2.24, 2.45) is 4.36 Å². The molecule has 198 valence electrons. The summed E-state index contributed by atoms with van der Waals surface area (Å²) in [5.74, 6) is 1.72. The topological polar surface area (TPSA) is 82.8 Å². The number of hydrogen-bond acceptors (Lipinski definition) is 6. The molecule has 0 radical (unpaired) electrons. The van der Waals surface area contributed by atoms with E-state index in [4.69, 9.17) is 9.47 Å². The molecule has 0 atom stereocenters. The zero-order valence-corrected chi connectivity index (χ0v) is 23.9. The van der Waals surface area contributed by atoms with E-state index in [-0.39, 0.29) is 5.78 Å². The minimum absolute atomic E-state index is 0.261. The molecule has 0 amide bonds. The Labute approximate surface area is 231 Å². The highest BCUT2D eigenvalue weighted by Crippen LogP contribution is 2.41. The van der Waals surface area contributed by atoms with Crippen molar-refractivity contribution in [3.8, 4) is 11.6 Å². The fourth-order valence-electron chi connectivity index (χ4n) is 4.70. The van der Waals surface area contributed by atoms with E-state index < -0.39 is 9.73 Å². The van der Waals surface area contributed by atoms with Crippen LogP contribution < -0.4 is 9.47 Å². The van der Waals surface area contributed by atoms with E-state index >= 15 is 0 Å². The average Bonchev–Trinajstić information content (AvgIpc) is 3.35. The van der Waals surface area contributed by atoms with Crippen LogP contribution in [0.5, 0.6) is 11.6 Å². The molecule has 1 aliphatic heterocycles. The number of carbonyl (C=O) groups excluding carboxylic acids is 1. The minimum Gasteiger partial charge on any atom is -0.494 e. The fourth-order valence-corrected chi connectivity index (χ4v) is 7.62. The molecule has 0 saturated carbocycles. The van der Waals surface area contributed by atoms with Crippen LogP contribution in [0, 0.1) is 0 Å². The predicted molar refractivity (Wildman–Crippen MR) is 154 cm³/mol. The molecule has 0 N–H and O–H groups in total. The molecule has 1 saturated heterocycles. The molecule has 0 aliphatic carbocycles. The van der Waals surface area contributed by atoms with Gasteiger partial charge in [-0.3, -0.25) is 4.79 Å². The van der Waals surface area contributed by atoms with E-state index in [1.807, 2.05) is 25.1 Å². The van der Waals surface area contributed by atoms with Gasteiger partial charge in [0.2, 0.25) is 11.7 Å². The summed E-state index contributed by atoms with van der Waals surface area (Å²) in [6.45, 7) is 2.79. The van der Waals surface area contributed by atoms with Crippen LogP contribution in [0.15, 0.2) is 69.6 Å². The number of hydrogen-bond donors (Lipinski definition) is 0. The first-order valence-corrected chi connectivity index (χ1v) is 15.4. The number of nitrogens with zero attached hydrogens (tertiary/aromatic N) is 3. The highest BCUT2D eigenvalue weighted by atomic mass is 79.9. The van der Waals surface area contributed by atoms with Gasteiger partial charge < -0.3 is 9.47 Å². The summed E-state index contributed by atoms with van der Waals surface area (Å²) in [6, 6.07) is 17.7. The maximum Gasteiger partial charge on any atom is 0.223 e. The summed E-state index contributed by atoms with van der Waals surface area (Å²) in [5, 5.41) is 6.68. The van der Waals surface area contributed by atoms with Gasteiger partial charge in [-0.2, -0.15) is 9.46 Å². The third-order valence-corrected chi connectivity index (χ3v) is 9.92. The highest BCUT2D eigenvalue weighted by molar-refractivity contribution is 9.10. The van der Waals surface area contributed by atoms with E-state index in [9.17, 15) is 9.00 Å². The van der Waals surface area contributed by atoms with Gasteiger partial charge in [0.05, 0.1) is 27.5 Å². The number of fused-ring (bicyclic) bond motifs is 1. The number of methoxy groups -OCH3 is 1. The van der Waals surface area contributed by atoms with Gasteiger partial charge in [0.25, 0.3) is 0 Å². The molecule has 7 nitrogen and oxygen atoms in total. The largest absolute Gasteiger partial charge is 0.494 e. The van der Waals surface area contributed by atoms with Gasteiger partial charge in [0, 0.05) is 23.6 Å². The number of aryl methyl sites for hydroxylation is 1. The van der Waals surface area contributed by atoms with Gasteiger partial charge in [-0.1, -0.05) is 42.8 Å². The zero-order valence-electron chi connectivity index (χ0n) is 21.5. The van der Waals surface area contributed by atoms with Crippen LogP contribution in [0.2, 0.25) is 0 Å². The summed E-state index contributed by atoms with van der Waals surface area (Å²) < 4.78 is 31.9. The summed E-state index contributed by atoms with van der Waals surface area (Å²) >= 11 is 3.58. The van der Waals surface area contributed by atoms with Gasteiger partial charge in [-0.05, 0) is 70.2 Å². The van der Waals surface area contributed by atoms with Crippen molar-refractivity contribution in [2.75, 3.05) is 18.6 Å². The molecule has 1 aliphatic rings. The zero-order chi connectivity index (χ0) is 26.7. The van der Waals surface area contributed by atoms with Crippen LogP contribution in [-0.2, 0) is 22.9 Å². The molecule has 0 spiro atoms. The Kier molecular flexibility index (Phi) is 7.85. The highest BCUT2D eigenvalue weighted by Gasteiger charge is 2.25. The second kappa shape index (κ2) is 11.3. The lowest BCUT2D eigenvalue weighted by molar-refractivity contribution is 0.103. The van der Waals surface area contributed by atoms with Gasteiger partial charge >= 0.3 is 0 Å². The fraction of sp³-hybridized carbons (Fsp3) is 0.310. The van der Waals surface area contributed by atoms with Crippen LogP contribution in [-0.4, -0.2) is 38.4 Å². The first-order chi connectivity index (χ1) is 18.4. The molecule has 0 bridgehead atoms. The average molecular weight is 597 g/mol. The lowest BCUT2D eigenvalue weighted by atomic mass is 10.0. The molecular formula is C29H30BrN3O4S. The van der Waals surface area contributed by atoms with E-state index in [2.05, 4.69) is 49.7 Å². The smallest absolute Gasteiger partial charge is 0.223 e. The molecule has 5 rings (SSSR count). The Balaban J connectivity index is 1.48. The van der Waals surface area contributed by atoms with Crippen molar-refractivity contribution in [3.63, 3.8) is 0 Å². The maximum atomic E-state index is 13.8. The quantitative estimate of drug-likeness (QED) is 0.206. The number of ketones is 1. The van der Waals surface area contributed by atoms with Crippen LogP contribution in [0.25, 0.3) is 10.8 Å². The van der Waals surface area contributed by atoms with Crippen molar-refractivity contribution in [2.45, 2.75) is 39.3 Å². The number of halogens is 1. The molecular weight excluding hydrogens is 566 g/mol. The maximum absolute atomic E-state index is 13.8. The van der Waals surface area contributed by atoms with Gasteiger partial charge in [-0.15, -0.1) is 0 Å². The molecule has 38 heavy (non-hydrogen) atoms. The standard InChI is InChI=1S/C29H30BrN3O4S/c1-3-33-29(37-19-20-11-12-21-9-5-6-10-22(21)17-20)24(18-31-33)28(34)23-13-14-25(36-2)27(26(23)30)32-38(35)15-7-4-8-16-38/h5-6,9-14,17-18H,3-4,7-8,15-16,19H2,1-2H3. The second-order valence-electron chi connectivity index (χ2n) is 9.29. The first kappa shape index (κ1) is 26.4. The van der Waals surface area contributed by atoms with Crippen molar-refractivity contribution in [3.05, 3.63) is 82.0 Å². The summed E-state index contributed by atoms with van der Waals surface area (Å²) in [7, 11) is -0.864. The van der Waals surface area contributed by atoms with Crippen LogP contribution >= 0.6 is 15.9 Å². The summed E-state index contributed by atoms with van der Waals surface area (Å²) in [6.07, 6.45) is 4.37. The second-order valence-corrected chi connectivity index (χ2v) is 12.6. The van der Waals surface area contributed by atoms with E-state index in [0.717, 1.165) is 35.6 Å². The number of carbonyl (C=O) groups is 1. The SMILES string of the molecule is CCn1ncc(C(=O)c2ccc(OC)c(N=S3(=O)CCCCC3)c2Br)c1OCc1ccc2ccccc2c1. The minimum atomic E-state index is -2.41. The molecule has 1 fully saturated rings. The van der Waals surface area contributed by atoms with Crippen molar-refractivity contribution in [1.82, 2.24) is 9.78 Å². The molecule has 3 aromatic carbocycles. The number of benzene rings is 3. The van der Waals surface area contributed by atoms with Crippen molar-refractivity contribution in [1.29, 1.82) is 0 Å².